The van der Waals surface area contributed by atoms with Gasteiger partial charge in [0.05, 0.1) is 0 Å². The largest absolute Gasteiger partial charge is 0.313 e. The van der Waals surface area contributed by atoms with Gasteiger partial charge in [-0.25, -0.2) is 0 Å². The van der Waals surface area contributed by atoms with Crippen LogP contribution in [0.15, 0.2) is 12.7 Å². The van der Waals surface area contributed by atoms with Crippen LogP contribution in [-0.2, 0) is 0 Å². The van der Waals surface area contributed by atoms with Crippen molar-refractivity contribution in [1.82, 2.24) is 5.32 Å². The highest BCUT2D eigenvalue weighted by molar-refractivity contribution is 4.86. The fourth-order valence-corrected chi connectivity index (χ4v) is 3.24. The van der Waals surface area contributed by atoms with Crippen LogP contribution in [0.25, 0.3) is 0 Å². The normalized spacial score (nSPS) is 26.7. The maximum atomic E-state index is 3.91. The highest BCUT2D eigenvalue weighted by Crippen LogP contribution is 2.34. The molecule has 1 fully saturated rings. The summed E-state index contributed by atoms with van der Waals surface area (Å²) in [6, 6.07) is 0.690. The fraction of sp³-hybridized carbons (Fsp3) is 0.875. The third-order valence-electron chi connectivity index (χ3n) is 4.23. The minimum absolute atomic E-state index is 0.690. The van der Waals surface area contributed by atoms with Crippen LogP contribution in [0.1, 0.15) is 65.2 Å². The van der Waals surface area contributed by atoms with Crippen molar-refractivity contribution in [2.45, 2.75) is 71.3 Å². The van der Waals surface area contributed by atoms with Crippen molar-refractivity contribution in [2.75, 3.05) is 6.54 Å². The molecule has 0 aromatic carbocycles. The van der Waals surface area contributed by atoms with E-state index in [1.807, 2.05) is 0 Å². The Bertz CT molecular complexity index is 192. The van der Waals surface area contributed by atoms with E-state index in [0.717, 1.165) is 24.8 Å². The molecule has 1 rings (SSSR count). The molecule has 0 bridgehead atoms. The predicted molar refractivity (Wildman–Crippen MR) is 77.3 cm³/mol. The molecule has 0 aliphatic heterocycles. The molecule has 1 unspecified atom stereocenters. The first-order valence-corrected chi connectivity index (χ1v) is 7.66. The van der Waals surface area contributed by atoms with Gasteiger partial charge in [-0.3, -0.25) is 0 Å². The Labute approximate surface area is 108 Å². The van der Waals surface area contributed by atoms with Crippen LogP contribution >= 0.6 is 0 Å². The summed E-state index contributed by atoms with van der Waals surface area (Å²) < 4.78 is 0. The molecule has 0 aromatic heterocycles. The van der Waals surface area contributed by atoms with Gasteiger partial charge in [0, 0.05) is 6.04 Å². The zero-order valence-electron chi connectivity index (χ0n) is 11.9. The van der Waals surface area contributed by atoms with Gasteiger partial charge in [-0.05, 0) is 44.1 Å². The smallest absolute Gasteiger partial charge is 0.0130 e. The van der Waals surface area contributed by atoms with Crippen LogP contribution in [0, 0.1) is 11.8 Å². The van der Waals surface area contributed by atoms with E-state index in [2.05, 4.69) is 31.8 Å². The summed E-state index contributed by atoms with van der Waals surface area (Å²) in [6.45, 7) is 9.63. The third kappa shape index (κ3) is 5.25. The summed E-state index contributed by atoms with van der Waals surface area (Å²) in [6.07, 6.45) is 13.0. The Morgan fingerprint density at radius 2 is 1.88 bits per heavy atom. The van der Waals surface area contributed by atoms with E-state index in [1.165, 1.54) is 44.9 Å². The molecular weight excluding hydrogens is 206 g/mol. The van der Waals surface area contributed by atoms with Crippen molar-refractivity contribution in [3.05, 3.63) is 12.7 Å². The average Bonchev–Trinajstić information content (AvgIpc) is 2.36. The molecule has 0 amide bonds. The molecule has 1 atom stereocenters. The third-order valence-corrected chi connectivity index (χ3v) is 4.23. The molecular formula is C16H31N. The Morgan fingerprint density at radius 3 is 2.41 bits per heavy atom. The van der Waals surface area contributed by atoms with Crippen LogP contribution in [-0.4, -0.2) is 12.6 Å². The molecule has 1 nitrogen and oxygen atoms in total. The highest BCUT2D eigenvalue weighted by atomic mass is 14.9. The molecule has 1 heteroatoms. The molecule has 0 spiro atoms. The molecule has 0 aromatic rings. The standard InChI is InChI=1S/C16H31N/c1-4-7-14-9-11-15(12-10-14)16(8-5-2)17-13-6-3/h5,14-17H,2,4,6-13H2,1,3H3. The number of hydrogen-bond donors (Lipinski definition) is 1. The second kappa shape index (κ2) is 8.74. The SMILES string of the molecule is C=CCC(NCCC)C1CCC(CCC)CC1. The van der Waals surface area contributed by atoms with Gasteiger partial charge < -0.3 is 5.32 Å². The van der Waals surface area contributed by atoms with Crippen molar-refractivity contribution in [3.8, 4) is 0 Å². The van der Waals surface area contributed by atoms with Gasteiger partial charge in [-0.2, -0.15) is 0 Å². The van der Waals surface area contributed by atoms with Crippen LogP contribution in [0.3, 0.4) is 0 Å². The Morgan fingerprint density at radius 1 is 1.18 bits per heavy atom. The van der Waals surface area contributed by atoms with E-state index < -0.39 is 0 Å². The summed E-state index contributed by atoms with van der Waals surface area (Å²) in [5.74, 6) is 1.92. The van der Waals surface area contributed by atoms with Gasteiger partial charge >= 0.3 is 0 Å². The van der Waals surface area contributed by atoms with Gasteiger partial charge in [0.25, 0.3) is 0 Å². The summed E-state index contributed by atoms with van der Waals surface area (Å²) in [7, 11) is 0. The molecule has 0 heterocycles. The molecule has 1 saturated carbocycles. The zero-order valence-corrected chi connectivity index (χ0v) is 11.9. The summed E-state index contributed by atoms with van der Waals surface area (Å²) in [4.78, 5) is 0. The van der Waals surface area contributed by atoms with Crippen LogP contribution in [0.5, 0.6) is 0 Å². The Balaban J connectivity index is 2.34. The van der Waals surface area contributed by atoms with Gasteiger partial charge in [-0.15, -0.1) is 6.58 Å². The lowest BCUT2D eigenvalue weighted by Gasteiger charge is -2.34. The molecule has 1 N–H and O–H groups in total. The summed E-state index contributed by atoms with van der Waals surface area (Å²) in [5.41, 5.74) is 0. The van der Waals surface area contributed by atoms with E-state index in [-0.39, 0.29) is 0 Å². The van der Waals surface area contributed by atoms with Crippen molar-refractivity contribution in [2.24, 2.45) is 11.8 Å². The van der Waals surface area contributed by atoms with E-state index in [1.54, 1.807) is 0 Å². The highest BCUT2D eigenvalue weighted by Gasteiger charge is 2.25. The minimum Gasteiger partial charge on any atom is -0.313 e. The summed E-state index contributed by atoms with van der Waals surface area (Å²) >= 11 is 0. The van der Waals surface area contributed by atoms with Gasteiger partial charge in [0.1, 0.15) is 0 Å². The van der Waals surface area contributed by atoms with Gasteiger partial charge in [0.15, 0.2) is 0 Å². The minimum atomic E-state index is 0.690. The first-order chi connectivity index (χ1) is 8.31. The van der Waals surface area contributed by atoms with E-state index in [4.69, 9.17) is 0 Å². The van der Waals surface area contributed by atoms with Crippen molar-refractivity contribution >= 4 is 0 Å². The van der Waals surface area contributed by atoms with Crippen molar-refractivity contribution in [1.29, 1.82) is 0 Å². The van der Waals surface area contributed by atoms with E-state index in [0.29, 0.717) is 6.04 Å². The van der Waals surface area contributed by atoms with Crippen molar-refractivity contribution in [3.63, 3.8) is 0 Å². The average molecular weight is 237 g/mol. The van der Waals surface area contributed by atoms with Crippen LogP contribution < -0.4 is 5.32 Å². The Kier molecular flexibility index (Phi) is 7.59. The lowest BCUT2D eigenvalue weighted by molar-refractivity contribution is 0.214. The molecule has 100 valence electrons. The van der Waals surface area contributed by atoms with Gasteiger partial charge in [0.2, 0.25) is 0 Å². The summed E-state index contributed by atoms with van der Waals surface area (Å²) in [5, 5.41) is 3.72. The predicted octanol–water partition coefficient (Wildman–Crippen LogP) is 4.54. The molecule has 1 aliphatic rings. The second-order valence-electron chi connectivity index (χ2n) is 5.65. The van der Waals surface area contributed by atoms with Crippen LogP contribution in [0.4, 0.5) is 0 Å². The number of hydrogen-bond acceptors (Lipinski definition) is 1. The fourth-order valence-electron chi connectivity index (χ4n) is 3.24. The van der Waals surface area contributed by atoms with Gasteiger partial charge in [-0.1, -0.05) is 45.6 Å². The first kappa shape index (κ1) is 14.8. The van der Waals surface area contributed by atoms with E-state index >= 15 is 0 Å². The first-order valence-electron chi connectivity index (χ1n) is 7.66. The maximum Gasteiger partial charge on any atom is 0.0130 e. The molecule has 17 heavy (non-hydrogen) atoms. The zero-order chi connectivity index (χ0) is 12.5. The van der Waals surface area contributed by atoms with Crippen molar-refractivity contribution < 1.29 is 0 Å². The lowest BCUT2D eigenvalue weighted by atomic mass is 9.76. The lowest BCUT2D eigenvalue weighted by Crippen LogP contribution is -2.38. The number of rotatable bonds is 8. The monoisotopic (exact) mass is 237 g/mol. The topological polar surface area (TPSA) is 12.0 Å². The Hall–Kier alpha value is -0.300. The second-order valence-corrected chi connectivity index (χ2v) is 5.65. The van der Waals surface area contributed by atoms with E-state index in [9.17, 15) is 0 Å². The molecule has 1 aliphatic carbocycles. The molecule has 0 saturated heterocycles. The quantitative estimate of drug-likeness (QED) is 0.611. The maximum absolute atomic E-state index is 3.91. The van der Waals surface area contributed by atoms with Crippen LogP contribution in [0.2, 0.25) is 0 Å². The molecule has 0 radical (unpaired) electrons. The number of nitrogens with one attached hydrogen (secondary N) is 1.